The zero-order chi connectivity index (χ0) is 16.0. The average molecular weight is 310 g/mol. The molecule has 1 aromatic carbocycles. The number of likely N-dealkylation sites (N-methyl/N-ethyl adjacent to an activating group) is 1. The summed E-state index contributed by atoms with van der Waals surface area (Å²) in [6, 6.07) is 9.70. The number of aromatic nitrogens is 4. The highest BCUT2D eigenvalue weighted by Gasteiger charge is 2.40. The molecule has 0 spiro atoms. The second kappa shape index (κ2) is 5.12. The van der Waals surface area contributed by atoms with Gasteiger partial charge in [-0.1, -0.05) is 12.1 Å². The van der Waals surface area contributed by atoms with Crippen LogP contribution in [0.15, 0.2) is 36.5 Å². The summed E-state index contributed by atoms with van der Waals surface area (Å²) in [5.41, 5.74) is 2.89. The Morgan fingerprint density at radius 3 is 2.83 bits per heavy atom. The first kappa shape index (κ1) is 13.8. The second-order valence-corrected chi connectivity index (χ2v) is 5.89. The van der Waals surface area contributed by atoms with Crippen molar-refractivity contribution in [2.45, 2.75) is 18.5 Å². The van der Waals surface area contributed by atoms with Crippen molar-refractivity contribution < 1.29 is 4.79 Å². The molecule has 2 N–H and O–H groups in total. The lowest BCUT2D eigenvalue weighted by molar-refractivity contribution is -0.127. The number of anilines is 1. The number of rotatable bonds is 3. The van der Waals surface area contributed by atoms with E-state index in [2.05, 4.69) is 20.4 Å². The lowest BCUT2D eigenvalue weighted by Crippen LogP contribution is -2.31. The number of para-hydroxylation sites is 2. The number of hydrogen-bond acceptors (Lipinski definition) is 4. The van der Waals surface area contributed by atoms with E-state index in [0.717, 1.165) is 16.7 Å². The molecule has 23 heavy (non-hydrogen) atoms. The minimum atomic E-state index is -0.0665. The molecular weight excluding hydrogens is 292 g/mol. The molecule has 0 bridgehead atoms. The van der Waals surface area contributed by atoms with Gasteiger partial charge in [0.1, 0.15) is 0 Å². The fourth-order valence-corrected chi connectivity index (χ4v) is 3.27. The van der Waals surface area contributed by atoms with Gasteiger partial charge < -0.3 is 15.2 Å². The van der Waals surface area contributed by atoms with Crippen LogP contribution in [0.25, 0.3) is 11.0 Å². The molecule has 0 saturated carbocycles. The van der Waals surface area contributed by atoms with E-state index in [4.69, 9.17) is 0 Å². The van der Waals surface area contributed by atoms with Crippen molar-refractivity contribution in [3.63, 3.8) is 0 Å². The predicted molar refractivity (Wildman–Crippen MR) is 86.8 cm³/mol. The maximum Gasteiger partial charge on any atom is 0.225 e. The van der Waals surface area contributed by atoms with Gasteiger partial charge in [0.25, 0.3) is 0 Å². The predicted octanol–water partition coefficient (Wildman–Crippen LogP) is 1.68. The molecule has 0 aliphatic carbocycles. The minimum Gasteiger partial charge on any atom is -0.350 e. The summed E-state index contributed by atoms with van der Waals surface area (Å²) < 4.78 is 1.81. The molecule has 118 valence electrons. The third-order valence-electron chi connectivity index (χ3n) is 4.46. The number of aromatic amines is 1. The van der Waals surface area contributed by atoms with Crippen LogP contribution in [0.2, 0.25) is 0 Å². The van der Waals surface area contributed by atoms with Crippen molar-refractivity contribution in [1.29, 1.82) is 0 Å². The van der Waals surface area contributed by atoms with Gasteiger partial charge in [0.05, 0.1) is 28.8 Å². The third kappa shape index (κ3) is 2.25. The highest BCUT2D eigenvalue weighted by Crippen LogP contribution is 2.33. The van der Waals surface area contributed by atoms with Crippen molar-refractivity contribution in [1.82, 2.24) is 24.6 Å². The summed E-state index contributed by atoms with van der Waals surface area (Å²) in [6.45, 7) is 0. The van der Waals surface area contributed by atoms with Crippen molar-refractivity contribution in [3.05, 3.63) is 42.2 Å². The Morgan fingerprint density at radius 1 is 1.26 bits per heavy atom. The molecule has 1 aliphatic heterocycles. The summed E-state index contributed by atoms with van der Waals surface area (Å²) in [5.74, 6) is 0.802. The van der Waals surface area contributed by atoms with Crippen LogP contribution >= 0.6 is 0 Å². The first-order chi connectivity index (χ1) is 11.1. The molecule has 3 heterocycles. The lowest BCUT2D eigenvalue weighted by Gasteiger charge is -2.25. The van der Waals surface area contributed by atoms with E-state index in [9.17, 15) is 4.79 Å². The number of nitrogens with zero attached hydrogens (tertiary/aromatic N) is 4. The van der Waals surface area contributed by atoms with Gasteiger partial charge in [-0.2, -0.15) is 5.10 Å². The fourth-order valence-electron chi connectivity index (χ4n) is 3.27. The van der Waals surface area contributed by atoms with E-state index in [1.165, 1.54) is 0 Å². The SMILES string of the molecule is CN1C(=O)C[C@@H](Nc2nc3ccccc3[nH]2)[C@@H]1c1ccnn1C. The van der Waals surface area contributed by atoms with Crippen molar-refractivity contribution in [2.75, 3.05) is 12.4 Å². The summed E-state index contributed by atoms with van der Waals surface area (Å²) in [7, 11) is 3.73. The van der Waals surface area contributed by atoms with Crippen LogP contribution in [0.5, 0.6) is 0 Å². The Kier molecular flexibility index (Phi) is 3.07. The van der Waals surface area contributed by atoms with Crippen molar-refractivity contribution in [3.8, 4) is 0 Å². The lowest BCUT2D eigenvalue weighted by atomic mass is 10.1. The Hall–Kier alpha value is -2.83. The molecule has 0 radical (unpaired) electrons. The number of fused-ring (bicyclic) bond motifs is 1. The van der Waals surface area contributed by atoms with Crippen LogP contribution in [-0.4, -0.2) is 43.6 Å². The van der Waals surface area contributed by atoms with Crippen LogP contribution in [0, 0.1) is 0 Å². The van der Waals surface area contributed by atoms with E-state index < -0.39 is 0 Å². The number of imidazole rings is 1. The van der Waals surface area contributed by atoms with Crippen LogP contribution in [0.3, 0.4) is 0 Å². The van der Waals surface area contributed by atoms with Gasteiger partial charge >= 0.3 is 0 Å². The summed E-state index contributed by atoms with van der Waals surface area (Å²) in [6.07, 6.45) is 2.19. The third-order valence-corrected chi connectivity index (χ3v) is 4.46. The smallest absolute Gasteiger partial charge is 0.225 e. The highest BCUT2D eigenvalue weighted by atomic mass is 16.2. The van der Waals surface area contributed by atoms with Gasteiger partial charge in [0, 0.05) is 26.7 Å². The van der Waals surface area contributed by atoms with Crippen molar-refractivity contribution in [2.24, 2.45) is 7.05 Å². The van der Waals surface area contributed by atoms with Crippen LogP contribution in [0.4, 0.5) is 5.95 Å². The molecule has 2 aromatic heterocycles. The molecule has 2 atom stereocenters. The number of nitrogens with one attached hydrogen (secondary N) is 2. The summed E-state index contributed by atoms with van der Waals surface area (Å²) >= 11 is 0. The second-order valence-electron chi connectivity index (χ2n) is 5.89. The minimum absolute atomic E-state index is 0.0523. The van der Waals surface area contributed by atoms with Crippen LogP contribution in [-0.2, 0) is 11.8 Å². The van der Waals surface area contributed by atoms with Crippen LogP contribution < -0.4 is 5.32 Å². The maximum atomic E-state index is 12.2. The zero-order valence-corrected chi connectivity index (χ0v) is 13.0. The normalized spacial score (nSPS) is 21.3. The van der Waals surface area contributed by atoms with Gasteiger partial charge in [0.2, 0.25) is 11.9 Å². The van der Waals surface area contributed by atoms with E-state index >= 15 is 0 Å². The first-order valence-electron chi connectivity index (χ1n) is 7.58. The number of carbonyl (C=O) groups is 1. The van der Waals surface area contributed by atoms with Gasteiger partial charge in [-0.25, -0.2) is 4.98 Å². The van der Waals surface area contributed by atoms with Crippen molar-refractivity contribution >= 4 is 22.9 Å². The highest BCUT2D eigenvalue weighted by molar-refractivity contribution is 5.81. The molecule has 3 aromatic rings. The first-order valence-corrected chi connectivity index (χ1v) is 7.58. The Bertz CT molecular complexity index is 833. The van der Waals surface area contributed by atoms with Gasteiger partial charge in [-0.3, -0.25) is 9.48 Å². The molecule has 0 unspecified atom stereocenters. The average Bonchev–Trinajstić information content (AvgIpc) is 3.19. The molecule has 1 fully saturated rings. The van der Waals surface area contributed by atoms with Crippen LogP contribution in [0.1, 0.15) is 18.2 Å². The monoisotopic (exact) mass is 310 g/mol. The Balaban J connectivity index is 1.66. The quantitative estimate of drug-likeness (QED) is 0.771. The zero-order valence-electron chi connectivity index (χ0n) is 13.0. The van der Waals surface area contributed by atoms with E-state index in [1.54, 1.807) is 11.1 Å². The molecule has 7 nitrogen and oxygen atoms in total. The van der Waals surface area contributed by atoms with Gasteiger partial charge in [0.15, 0.2) is 0 Å². The molecule has 7 heteroatoms. The molecule has 4 rings (SSSR count). The number of hydrogen-bond donors (Lipinski definition) is 2. The fraction of sp³-hybridized carbons (Fsp3) is 0.312. The maximum absolute atomic E-state index is 12.2. The van der Waals surface area contributed by atoms with E-state index in [0.29, 0.717) is 12.4 Å². The summed E-state index contributed by atoms with van der Waals surface area (Å²) in [4.78, 5) is 21.8. The molecule has 1 saturated heterocycles. The standard InChI is InChI=1S/C16H18N6O/c1-21-14(23)9-12(15(21)13-7-8-17-22(13)2)20-16-18-10-5-3-4-6-11(10)19-16/h3-8,12,15H,9H2,1-2H3,(H2,18,19,20)/t12-,15-/m1/s1. The van der Waals surface area contributed by atoms with Gasteiger partial charge in [-0.15, -0.1) is 0 Å². The van der Waals surface area contributed by atoms with Gasteiger partial charge in [-0.05, 0) is 18.2 Å². The number of likely N-dealkylation sites (tertiary alicyclic amines) is 1. The molecule has 1 aliphatic rings. The number of amides is 1. The number of H-pyrrole nitrogens is 1. The largest absolute Gasteiger partial charge is 0.350 e. The number of benzene rings is 1. The van der Waals surface area contributed by atoms with E-state index in [-0.39, 0.29) is 18.0 Å². The Labute approximate surface area is 133 Å². The Morgan fingerprint density at radius 2 is 2.09 bits per heavy atom. The number of carbonyl (C=O) groups excluding carboxylic acids is 1. The number of aryl methyl sites for hydroxylation is 1. The molecule has 1 amide bonds. The summed E-state index contributed by atoms with van der Waals surface area (Å²) in [5, 5.41) is 7.61. The van der Waals surface area contributed by atoms with E-state index in [1.807, 2.05) is 49.1 Å². The topological polar surface area (TPSA) is 78.8 Å². The molecular formula is C16H18N6O.